The lowest BCUT2D eigenvalue weighted by molar-refractivity contribution is -0.154. The second-order valence-corrected chi connectivity index (χ2v) is 14.9. The van der Waals surface area contributed by atoms with Gasteiger partial charge in [-0.1, -0.05) is 163 Å². The Bertz CT molecular complexity index is 1100. The van der Waals surface area contributed by atoms with Crippen LogP contribution in [0.5, 0.6) is 0 Å². The SMILES string of the molecule is CC/C=C\C/C=C\C/C=C\C/C=C\C/C=C\C/C=C\C/C=C\CCCCCCOCC(COP(=O)(O)OCCN)OC(=O)CCCCCCCCCCC. The summed E-state index contributed by atoms with van der Waals surface area (Å²) in [6, 6.07) is 0. The van der Waals surface area contributed by atoms with Gasteiger partial charge in [0.05, 0.1) is 19.8 Å². The third-order valence-corrected chi connectivity index (χ3v) is 9.31. The van der Waals surface area contributed by atoms with E-state index in [-0.39, 0.29) is 32.3 Å². The highest BCUT2D eigenvalue weighted by molar-refractivity contribution is 7.47. The minimum absolute atomic E-state index is 0.0921. The Labute approximate surface area is 330 Å². The minimum Gasteiger partial charge on any atom is -0.457 e. The molecule has 2 atom stereocenters. The number of carbonyl (C=O) groups excluding carboxylic acids is 1. The second-order valence-electron chi connectivity index (χ2n) is 13.5. The Morgan fingerprint density at radius 2 is 1.04 bits per heavy atom. The first-order chi connectivity index (χ1) is 26.4. The number of ether oxygens (including phenoxy) is 2. The highest BCUT2D eigenvalue weighted by Crippen LogP contribution is 2.43. The van der Waals surface area contributed by atoms with Gasteiger partial charge in [0, 0.05) is 19.6 Å². The summed E-state index contributed by atoms with van der Waals surface area (Å²) in [6.07, 6.45) is 53.3. The van der Waals surface area contributed by atoms with Crippen LogP contribution in [0.4, 0.5) is 0 Å². The number of phosphoric ester groups is 1. The van der Waals surface area contributed by atoms with Gasteiger partial charge in [0.15, 0.2) is 0 Å². The van der Waals surface area contributed by atoms with Gasteiger partial charge in [-0.15, -0.1) is 0 Å². The van der Waals surface area contributed by atoms with E-state index in [1.807, 2.05) is 0 Å². The molecule has 0 radical (unpaired) electrons. The molecular formula is C45H78NO7P. The lowest BCUT2D eigenvalue weighted by atomic mass is 10.1. The maximum Gasteiger partial charge on any atom is 0.472 e. The van der Waals surface area contributed by atoms with Crippen molar-refractivity contribution in [2.45, 2.75) is 161 Å². The van der Waals surface area contributed by atoms with Crippen LogP contribution in [0.3, 0.4) is 0 Å². The highest BCUT2D eigenvalue weighted by Gasteiger charge is 2.25. The van der Waals surface area contributed by atoms with Gasteiger partial charge in [-0.2, -0.15) is 0 Å². The summed E-state index contributed by atoms with van der Waals surface area (Å²) in [4.78, 5) is 22.3. The molecule has 0 aliphatic heterocycles. The van der Waals surface area contributed by atoms with Crippen molar-refractivity contribution < 1.29 is 32.8 Å². The number of hydrogen-bond acceptors (Lipinski definition) is 7. The van der Waals surface area contributed by atoms with E-state index >= 15 is 0 Å². The van der Waals surface area contributed by atoms with Gasteiger partial charge in [0.25, 0.3) is 0 Å². The summed E-state index contributed by atoms with van der Waals surface area (Å²) in [5.74, 6) is -0.348. The molecule has 3 N–H and O–H groups in total. The number of esters is 1. The summed E-state index contributed by atoms with van der Waals surface area (Å²) in [5, 5.41) is 0. The number of nitrogens with two attached hydrogens (primary N) is 1. The fourth-order valence-corrected chi connectivity index (χ4v) is 6.03. The van der Waals surface area contributed by atoms with Crippen LogP contribution in [0.2, 0.25) is 0 Å². The molecule has 0 fully saturated rings. The molecule has 0 spiro atoms. The second kappa shape index (κ2) is 41.8. The summed E-state index contributed by atoms with van der Waals surface area (Å²) in [5.41, 5.74) is 5.35. The van der Waals surface area contributed by atoms with E-state index in [0.29, 0.717) is 13.0 Å². The highest BCUT2D eigenvalue weighted by atomic mass is 31.2. The largest absolute Gasteiger partial charge is 0.472 e. The molecule has 0 heterocycles. The lowest BCUT2D eigenvalue weighted by Gasteiger charge is -2.20. The standard InChI is InChI=1S/C45H78NO7P/c1-3-5-7-9-11-13-14-15-16-17-18-19-20-21-22-23-24-25-26-27-28-29-31-33-35-37-40-50-42-44(43-52-54(48,49)51-41-39-46)53-45(47)38-36-34-32-30-12-10-8-6-4-2/h5,7,11,13,15-16,18-19,21-22,24-25,27-28,44H,3-4,6,8-10,12,14,17,20,23,26,29-43,46H2,1-2H3,(H,48,49)/b7-5-,13-11-,16-15-,19-18-,22-21-,25-24-,28-27-. The van der Waals surface area contributed by atoms with E-state index in [4.69, 9.17) is 24.3 Å². The zero-order valence-electron chi connectivity index (χ0n) is 34.2. The molecule has 0 aromatic heterocycles. The predicted octanol–water partition coefficient (Wildman–Crippen LogP) is 12.5. The van der Waals surface area contributed by atoms with Crippen molar-refractivity contribution in [2.75, 3.05) is 33.0 Å². The molecule has 2 unspecified atom stereocenters. The average molecular weight is 776 g/mol. The molecule has 0 aromatic carbocycles. The first-order valence-corrected chi connectivity index (χ1v) is 22.6. The van der Waals surface area contributed by atoms with Crippen LogP contribution in [0.25, 0.3) is 0 Å². The first kappa shape index (κ1) is 51.7. The number of allylic oxidation sites excluding steroid dienone is 14. The molecule has 0 saturated carbocycles. The molecule has 0 aromatic rings. The summed E-state index contributed by atoms with van der Waals surface area (Å²) in [7, 11) is -4.28. The Hall–Kier alpha value is -2.32. The van der Waals surface area contributed by atoms with Gasteiger partial charge < -0.3 is 20.1 Å². The van der Waals surface area contributed by atoms with Crippen LogP contribution in [0.1, 0.15) is 155 Å². The topological polar surface area (TPSA) is 117 Å². The van der Waals surface area contributed by atoms with Crippen LogP contribution in [0, 0.1) is 0 Å². The summed E-state index contributed by atoms with van der Waals surface area (Å²) < 4.78 is 33.3. The van der Waals surface area contributed by atoms with E-state index in [0.717, 1.165) is 96.3 Å². The molecular weight excluding hydrogens is 697 g/mol. The van der Waals surface area contributed by atoms with Crippen molar-refractivity contribution in [3.8, 4) is 0 Å². The van der Waals surface area contributed by atoms with Gasteiger partial charge in [-0.05, 0) is 70.6 Å². The Morgan fingerprint density at radius 1 is 0.574 bits per heavy atom. The third kappa shape index (κ3) is 40.9. The molecule has 0 amide bonds. The van der Waals surface area contributed by atoms with E-state index < -0.39 is 13.9 Å². The Balaban J connectivity index is 4.04. The van der Waals surface area contributed by atoms with E-state index in [1.165, 1.54) is 38.5 Å². The van der Waals surface area contributed by atoms with E-state index in [1.54, 1.807) is 0 Å². The monoisotopic (exact) mass is 776 g/mol. The van der Waals surface area contributed by atoms with Crippen LogP contribution in [0.15, 0.2) is 85.1 Å². The van der Waals surface area contributed by atoms with Crippen molar-refractivity contribution in [3.05, 3.63) is 85.1 Å². The first-order valence-electron chi connectivity index (χ1n) is 21.1. The fourth-order valence-electron chi connectivity index (χ4n) is 5.27. The predicted molar refractivity (Wildman–Crippen MR) is 228 cm³/mol. The molecule has 0 rings (SSSR count). The molecule has 0 bridgehead atoms. The molecule has 54 heavy (non-hydrogen) atoms. The van der Waals surface area contributed by atoms with Crippen LogP contribution < -0.4 is 5.73 Å². The molecule has 9 heteroatoms. The molecule has 8 nitrogen and oxygen atoms in total. The van der Waals surface area contributed by atoms with Crippen molar-refractivity contribution in [2.24, 2.45) is 5.73 Å². The number of rotatable bonds is 39. The maximum atomic E-state index is 12.5. The van der Waals surface area contributed by atoms with E-state index in [2.05, 4.69) is 98.9 Å². The number of carbonyl (C=O) groups is 1. The third-order valence-electron chi connectivity index (χ3n) is 8.33. The Morgan fingerprint density at radius 3 is 1.56 bits per heavy atom. The maximum absolute atomic E-state index is 12.5. The van der Waals surface area contributed by atoms with Crippen molar-refractivity contribution in [1.29, 1.82) is 0 Å². The van der Waals surface area contributed by atoms with Crippen LogP contribution in [-0.2, 0) is 27.9 Å². The number of hydrogen-bond donors (Lipinski definition) is 2. The van der Waals surface area contributed by atoms with Gasteiger partial charge in [0.1, 0.15) is 6.10 Å². The summed E-state index contributed by atoms with van der Waals surface area (Å²) >= 11 is 0. The fraction of sp³-hybridized carbons (Fsp3) is 0.667. The molecule has 0 saturated heterocycles. The van der Waals surface area contributed by atoms with Crippen molar-refractivity contribution in [1.82, 2.24) is 0 Å². The van der Waals surface area contributed by atoms with Crippen molar-refractivity contribution in [3.63, 3.8) is 0 Å². The number of unbranched alkanes of at least 4 members (excludes halogenated alkanes) is 12. The molecule has 310 valence electrons. The summed E-state index contributed by atoms with van der Waals surface area (Å²) in [6.45, 7) is 4.69. The van der Waals surface area contributed by atoms with Crippen LogP contribution in [-0.4, -0.2) is 49.9 Å². The van der Waals surface area contributed by atoms with Gasteiger partial charge >= 0.3 is 13.8 Å². The number of phosphoric acid groups is 1. The average Bonchev–Trinajstić information content (AvgIpc) is 3.16. The molecule has 0 aliphatic rings. The van der Waals surface area contributed by atoms with Gasteiger partial charge in [-0.25, -0.2) is 4.57 Å². The lowest BCUT2D eigenvalue weighted by Crippen LogP contribution is -2.28. The smallest absolute Gasteiger partial charge is 0.457 e. The zero-order valence-corrected chi connectivity index (χ0v) is 35.1. The minimum atomic E-state index is -4.28. The van der Waals surface area contributed by atoms with Gasteiger partial charge in [0.2, 0.25) is 0 Å². The quantitative estimate of drug-likeness (QED) is 0.0274. The van der Waals surface area contributed by atoms with Crippen molar-refractivity contribution >= 4 is 13.8 Å². The zero-order chi connectivity index (χ0) is 39.5. The molecule has 0 aliphatic carbocycles. The van der Waals surface area contributed by atoms with E-state index in [9.17, 15) is 14.3 Å². The van der Waals surface area contributed by atoms with Crippen LogP contribution >= 0.6 is 7.82 Å². The normalized spacial score (nSPS) is 14.4. The van der Waals surface area contributed by atoms with Gasteiger partial charge in [-0.3, -0.25) is 13.8 Å². The Kier molecular flexibility index (Phi) is 40.0.